The third-order valence-electron chi connectivity index (χ3n) is 2.64. The Morgan fingerprint density at radius 1 is 1.39 bits per heavy atom. The van der Waals surface area contributed by atoms with E-state index in [0.29, 0.717) is 6.61 Å². The monoisotopic (exact) mass is 250 g/mol. The molecule has 0 aliphatic carbocycles. The van der Waals surface area contributed by atoms with Crippen molar-refractivity contribution in [2.45, 2.75) is 25.2 Å². The zero-order valence-corrected chi connectivity index (χ0v) is 10.6. The molecular weight excluding hydrogens is 232 g/mol. The van der Waals surface area contributed by atoms with Crippen LogP contribution in [0.3, 0.4) is 0 Å². The Morgan fingerprint density at radius 3 is 2.50 bits per heavy atom. The van der Waals surface area contributed by atoms with Crippen LogP contribution in [-0.2, 0) is 11.3 Å². The van der Waals surface area contributed by atoms with Crippen molar-refractivity contribution in [1.82, 2.24) is 0 Å². The second kappa shape index (κ2) is 6.41. The molecule has 0 fully saturated rings. The van der Waals surface area contributed by atoms with Crippen LogP contribution in [0.5, 0.6) is 5.75 Å². The average Bonchev–Trinajstić information content (AvgIpc) is 2.39. The van der Waals surface area contributed by atoms with Crippen molar-refractivity contribution in [3.05, 3.63) is 29.8 Å². The average molecular weight is 250 g/mol. The molecular formula is C14H18O4. The molecule has 2 atom stereocenters. The highest BCUT2D eigenvalue weighted by molar-refractivity contribution is 5.26. The van der Waals surface area contributed by atoms with Gasteiger partial charge < -0.3 is 19.7 Å². The number of hydrogen-bond acceptors (Lipinski definition) is 4. The first-order valence-electron chi connectivity index (χ1n) is 5.58. The lowest BCUT2D eigenvalue weighted by molar-refractivity contribution is -0.0678. The fourth-order valence-electron chi connectivity index (χ4n) is 1.27. The summed E-state index contributed by atoms with van der Waals surface area (Å²) in [6.07, 6.45) is 3.98. The number of rotatable bonds is 6. The molecule has 0 aliphatic rings. The smallest absolute Gasteiger partial charge is 0.150 e. The molecule has 1 aromatic rings. The summed E-state index contributed by atoms with van der Waals surface area (Å²) in [7, 11) is 1.60. The molecule has 1 aromatic carbocycles. The van der Waals surface area contributed by atoms with Gasteiger partial charge in [0, 0.05) is 0 Å². The van der Waals surface area contributed by atoms with Crippen LogP contribution in [0.2, 0.25) is 0 Å². The first-order chi connectivity index (χ1) is 8.49. The number of hydrogen-bond donors (Lipinski definition) is 2. The van der Waals surface area contributed by atoms with Crippen molar-refractivity contribution < 1.29 is 19.7 Å². The molecule has 0 heterocycles. The van der Waals surface area contributed by atoms with Gasteiger partial charge in [-0.3, -0.25) is 0 Å². The van der Waals surface area contributed by atoms with Gasteiger partial charge in [-0.05, 0) is 24.6 Å². The Bertz CT molecular complexity index is 403. The minimum atomic E-state index is -1.57. The molecule has 0 bridgehead atoms. The molecule has 1 rings (SSSR count). The molecule has 0 aromatic heterocycles. The Morgan fingerprint density at radius 2 is 2.00 bits per heavy atom. The number of terminal acetylenes is 1. The summed E-state index contributed by atoms with van der Waals surface area (Å²) < 4.78 is 10.3. The summed E-state index contributed by atoms with van der Waals surface area (Å²) in [6.45, 7) is 1.68. The predicted molar refractivity (Wildman–Crippen MR) is 68.1 cm³/mol. The standard InChI is InChI=1S/C14H18O4/c1-4-14(2,16)13(15)10-18-9-11-5-7-12(17-3)8-6-11/h1,5-8,13,15-16H,9-10H2,2-3H3/t13-,14+/m1/s1. The van der Waals surface area contributed by atoms with Crippen LogP contribution >= 0.6 is 0 Å². The van der Waals surface area contributed by atoms with E-state index >= 15 is 0 Å². The van der Waals surface area contributed by atoms with Gasteiger partial charge in [0.1, 0.15) is 17.5 Å². The van der Waals surface area contributed by atoms with E-state index in [9.17, 15) is 10.2 Å². The Hall–Kier alpha value is -1.54. The van der Waals surface area contributed by atoms with E-state index in [1.165, 1.54) is 6.92 Å². The minimum Gasteiger partial charge on any atom is -0.497 e. The lowest BCUT2D eigenvalue weighted by atomic mass is 10.0. The Balaban J connectivity index is 2.40. The molecule has 2 N–H and O–H groups in total. The van der Waals surface area contributed by atoms with E-state index in [-0.39, 0.29) is 6.61 Å². The van der Waals surface area contributed by atoms with Crippen LogP contribution in [0.25, 0.3) is 0 Å². The van der Waals surface area contributed by atoms with Gasteiger partial charge >= 0.3 is 0 Å². The topological polar surface area (TPSA) is 58.9 Å². The van der Waals surface area contributed by atoms with Crippen molar-refractivity contribution in [2.24, 2.45) is 0 Å². The molecule has 4 nitrogen and oxygen atoms in total. The maximum atomic E-state index is 9.60. The summed E-state index contributed by atoms with van der Waals surface area (Å²) in [6, 6.07) is 7.38. The molecule has 0 radical (unpaired) electrons. The van der Waals surface area contributed by atoms with E-state index in [1.54, 1.807) is 7.11 Å². The molecule has 0 unspecified atom stereocenters. The second-order valence-electron chi connectivity index (χ2n) is 4.17. The number of aliphatic hydroxyl groups is 2. The zero-order chi connectivity index (χ0) is 13.6. The largest absolute Gasteiger partial charge is 0.497 e. The normalized spacial score (nSPS) is 15.5. The van der Waals surface area contributed by atoms with E-state index < -0.39 is 11.7 Å². The molecule has 0 amide bonds. The van der Waals surface area contributed by atoms with Gasteiger partial charge in [0.25, 0.3) is 0 Å². The van der Waals surface area contributed by atoms with Gasteiger partial charge in [0.2, 0.25) is 0 Å². The highest BCUT2D eigenvalue weighted by Crippen LogP contribution is 2.13. The molecule has 0 aliphatic heterocycles. The lowest BCUT2D eigenvalue weighted by Crippen LogP contribution is -2.40. The van der Waals surface area contributed by atoms with Gasteiger partial charge in [0.15, 0.2) is 0 Å². The lowest BCUT2D eigenvalue weighted by Gasteiger charge is -2.23. The van der Waals surface area contributed by atoms with E-state index in [1.807, 2.05) is 24.3 Å². The SMILES string of the molecule is C#C[C@](C)(O)[C@H](O)COCc1ccc(OC)cc1. The van der Waals surface area contributed by atoms with Gasteiger partial charge in [-0.25, -0.2) is 0 Å². The Kier molecular flexibility index (Phi) is 5.17. The van der Waals surface area contributed by atoms with Crippen LogP contribution in [0.15, 0.2) is 24.3 Å². The summed E-state index contributed by atoms with van der Waals surface area (Å²) in [5.74, 6) is 2.89. The molecule has 98 valence electrons. The molecule has 0 spiro atoms. The number of ether oxygens (including phenoxy) is 2. The predicted octanol–water partition coefficient (Wildman–Crippen LogP) is 0.957. The molecule has 0 saturated heterocycles. The van der Waals surface area contributed by atoms with Crippen molar-refractivity contribution >= 4 is 0 Å². The van der Waals surface area contributed by atoms with Crippen molar-refractivity contribution in [1.29, 1.82) is 0 Å². The van der Waals surface area contributed by atoms with Crippen LogP contribution in [-0.4, -0.2) is 35.6 Å². The summed E-state index contributed by atoms with van der Waals surface area (Å²) in [4.78, 5) is 0. The van der Waals surface area contributed by atoms with E-state index in [0.717, 1.165) is 11.3 Å². The van der Waals surface area contributed by atoms with Crippen molar-refractivity contribution in [3.8, 4) is 18.1 Å². The van der Waals surface area contributed by atoms with Gasteiger partial charge in [0.05, 0.1) is 20.3 Å². The number of benzene rings is 1. The fourth-order valence-corrected chi connectivity index (χ4v) is 1.27. The quantitative estimate of drug-likeness (QED) is 0.738. The number of methoxy groups -OCH3 is 1. The van der Waals surface area contributed by atoms with Gasteiger partial charge in [-0.2, -0.15) is 0 Å². The van der Waals surface area contributed by atoms with Crippen molar-refractivity contribution in [3.63, 3.8) is 0 Å². The molecule has 0 saturated carbocycles. The van der Waals surface area contributed by atoms with Crippen molar-refractivity contribution in [2.75, 3.05) is 13.7 Å². The summed E-state index contributed by atoms with van der Waals surface area (Å²) in [5, 5.41) is 19.2. The summed E-state index contributed by atoms with van der Waals surface area (Å²) >= 11 is 0. The highest BCUT2D eigenvalue weighted by atomic mass is 16.5. The molecule has 4 heteroatoms. The minimum absolute atomic E-state index is 0.0246. The Labute approximate surface area is 107 Å². The fraction of sp³-hybridized carbons (Fsp3) is 0.429. The van der Waals surface area contributed by atoms with E-state index in [4.69, 9.17) is 15.9 Å². The van der Waals surface area contributed by atoms with Gasteiger partial charge in [-0.15, -0.1) is 6.42 Å². The second-order valence-corrected chi connectivity index (χ2v) is 4.17. The zero-order valence-electron chi connectivity index (χ0n) is 10.6. The van der Waals surface area contributed by atoms with E-state index in [2.05, 4.69) is 5.92 Å². The van der Waals surface area contributed by atoms with Crippen LogP contribution < -0.4 is 4.74 Å². The van der Waals surface area contributed by atoms with Gasteiger partial charge in [-0.1, -0.05) is 18.1 Å². The van der Waals surface area contributed by atoms with Crippen LogP contribution in [0.1, 0.15) is 12.5 Å². The van der Waals surface area contributed by atoms with Crippen LogP contribution in [0.4, 0.5) is 0 Å². The third kappa shape index (κ3) is 4.04. The highest BCUT2D eigenvalue weighted by Gasteiger charge is 2.27. The summed E-state index contributed by atoms with van der Waals surface area (Å²) in [5.41, 5.74) is -0.622. The maximum absolute atomic E-state index is 9.60. The third-order valence-corrected chi connectivity index (χ3v) is 2.64. The maximum Gasteiger partial charge on any atom is 0.150 e. The van der Waals surface area contributed by atoms with Crippen LogP contribution in [0, 0.1) is 12.3 Å². The number of aliphatic hydroxyl groups excluding tert-OH is 1. The first-order valence-corrected chi connectivity index (χ1v) is 5.58. The molecule has 18 heavy (non-hydrogen) atoms. The first kappa shape index (κ1) is 14.5.